The maximum atomic E-state index is 11.5. The van der Waals surface area contributed by atoms with Crippen LogP contribution in [0.1, 0.15) is 58.3 Å². The molecule has 0 aliphatic carbocycles. The highest BCUT2D eigenvalue weighted by Crippen LogP contribution is 2.09. The van der Waals surface area contributed by atoms with Crippen molar-refractivity contribution in [3.8, 4) is 0 Å². The van der Waals surface area contributed by atoms with E-state index in [1.54, 1.807) is 22.9 Å². The zero-order valence-corrected chi connectivity index (χ0v) is 11.5. The van der Waals surface area contributed by atoms with E-state index < -0.39 is 0 Å². The molecule has 0 amide bonds. The van der Waals surface area contributed by atoms with Gasteiger partial charge in [-0.25, -0.2) is 0 Å². The lowest BCUT2D eigenvalue weighted by molar-refractivity contribution is 0.538. The summed E-state index contributed by atoms with van der Waals surface area (Å²) in [5.41, 5.74) is 6.38. The van der Waals surface area contributed by atoms with E-state index >= 15 is 0 Å². The van der Waals surface area contributed by atoms with Crippen LogP contribution in [0.25, 0.3) is 0 Å². The first-order valence-corrected chi connectivity index (χ1v) is 7.20. The molecule has 0 atom stereocenters. The molecule has 1 rings (SSSR count). The Balaban J connectivity index is 2.11. The summed E-state index contributed by atoms with van der Waals surface area (Å²) in [6, 6.07) is 3.20. The fraction of sp³-hybridized carbons (Fsp3) is 0.667. The summed E-state index contributed by atoms with van der Waals surface area (Å²) >= 11 is 0. The molecule has 0 aliphatic rings. The number of hydrogen-bond donors (Lipinski definition) is 1. The Bertz CT molecular complexity index is 384. The molecular formula is C15H26N2O. The monoisotopic (exact) mass is 250 g/mol. The quantitative estimate of drug-likeness (QED) is 0.681. The second-order valence-corrected chi connectivity index (χ2v) is 4.97. The van der Waals surface area contributed by atoms with E-state index in [-0.39, 0.29) is 5.56 Å². The Morgan fingerprint density at radius 1 is 1.00 bits per heavy atom. The van der Waals surface area contributed by atoms with Crippen molar-refractivity contribution in [2.24, 2.45) is 0 Å². The molecule has 0 aromatic carbocycles. The minimum Gasteiger partial charge on any atom is -0.398 e. The van der Waals surface area contributed by atoms with E-state index in [0.717, 1.165) is 13.0 Å². The van der Waals surface area contributed by atoms with Gasteiger partial charge in [-0.05, 0) is 12.5 Å². The molecule has 0 radical (unpaired) electrons. The Morgan fingerprint density at radius 3 is 2.28 bits per heavy atom. The zero-order chi connectivity index (χ0) is 13.2. The number of rotatable bonds is 9. The highest BCUT2D eigenvalue weighted by Gasteiger charge is 1.97. The average molecular weight is 250 g/mol. The van der Waals surface area contributed by atoms with Gasteiger partial charge in [-0.2, -0.15) is 0 Å². The van der Waals surface area contributed by atoms with Gasteiger partial charge in [-0.3, -0.25) is 4.79 Å². The summed E-state index contributed by atoms with van der Waals surface area (Å²) in [6.45, 7) is 3.03. The number of unbranched alkanes of at least 4 members (excludes halogenated alkanes) is 7. The van der Waals surface area contributed by atoms with Crippen molar-refractivity contribution in [1.82, 2.24) is 4.57 Å². The highest BCUT2D eigenvalue weighted by atomic mass is 16.1. The lowest BCUT2D eigenvalue weighted by Gasteiger charge is -2.06. The molecule has 102 valence electrons. The molecule has 0 unspecified atom stereocenters. The minimum absolute atomic E-state index is 0.0483. The van der Waals surface area contributed by atoms with Crippen molar-refractivity contribution in [1.29, 1.82) is 0 Å². The van der Waals surface area contributed by atoms with E-state index in [9.17, 15) is 4.79 Å². The van der Waals surface area contributed by atoms with Gasteiger partial charge in [-0.15, -0.1) is 0 Å². The van der Waals surface area contributed by atoms with Crippen LogP contribution in [0.15, 0.2) is 23.1 Å². The Kier molecular flexibility index (Phi) is 7.23. The van der Waals surface area contributed by atoms with Crippen LogP contribution in [-0.2, 0) is 6.54 Å². The summed E-state index contributed by atoms with van der Waals surface area (Å²) < 4.78 is 1.71. The third-order valence-corrected chi connectivity index (χ3v) is 3.26. The van der Waals surface area contributed by atoms with Gasteiger partial charge in [0.05, 0.1) is 0 Å². The van der Waals surface area contributed by atoms with E-state index in [1.165, 1.54) is 44.9 Å². The predicted octanol–water partition coefficient (Wildman–Crippen LogP) is 3.57. The van der Waals surface area contributed by atoms with Gasteiger partial charge in [0.2, 0.25) is 0 Å². The van der Waals surface area contributed by atoms with Crippen LogP contribution in [-0.4, -0.2) is 4.57 Å². The maximum Gasteiger partial charge on any atom is 0.250 e. The van der Waals surface area contributed by atoms with Gasteiger partial charge in [0.1, 0.15) is 0 Å². The van der Waals surface area contributed by atoms with Crippen LogP contribution in [0.3, 0.4) is 0 Å². The first-order valence-electron chi connectivity index (χ1n) is 7.20. The Morgan fingerprint density at radius 2 is 1.61 bits per heavy atom. The van der Waals surface area contributed by atoms with Crippen LogP contribution >= 0.6 is 0 Å². The third-order valence-electron chi connectivity index (χ3n) is 3.26. The largest absolute Gasteiger partial charge is 0.398 e. The topological polar surface area (TPSA) is 48.0 Å². The normalized spacial score (nSPS) is 10.7. The summed E-state index contributed by atoms with van der Waals surface area (Å²) in [5, 5.41) is 0. The first-order chi connectivity index (χ1) is 8.74. The molecule has 3 nitrogen and oxygen atoms in total. The van der Waals surface area contributed by atoms with Crippen LogP contribution in [0, 0.1) is 0 Å². The molecule has 0 fully saturated rings. The number of pyridine rings is 1. The van der Waals surface area contributed by atoms with Crippen LogP contribution < -0.4 is 11.3 Å². The molecule has 18 heavy (non-hydrogen) atoms. The summed E-state index contributed by atoms with van der Waals surface area (Å²) in [6.07, 6.45) is 12.0. The smallest absolute Gasteiger partial charge is 0.250 e. The second-order valence-electron chi connectivity index (χ2n) is 4.97. The van der Waals surface area contributed by atoms with Crippen molar-refractivity contribution in [3.05, 3.63) is 28.7 Å². The second kappa shape index (κ2) is 8.78. The summed E-state index contributed by atoms with van der Waals surface area (Å²) in [4.78, 5) is 11.5. The zero-order valence-electron chi connectivity index (χ0n) is 11.5. The highest BCUT2D eigenvalue weighted by molar-refractivity contribution is 5.33. The SMILES string of the molecule is CCCCCCCCCCn1cc(N)ccc1=O. The van der Waals surface area contributed by atoms with Gasteiger partial charge in [-0.1, -0.05) is 51.9 Å². The Hall–Kier alpha value is -1.25. The van der Waals surface area contributed by atoms with Gasteiger partial charge in [0, 0.05) is 24.5 Å². The lowest BCUT2D eigenvalue weighted by Crippen LogP contribution is -2.18. The van der Waals surface area contributed by atoms with Crippen molar-refractivity contribution < 1.29 is 0 Å². The summed E-state index contributed by atoms with van der Waals surface area (Å²) in [7, 11) is 0. The first kappa shape index (κ1) is 14.8. The van der Waals surface area contributed by atoms with Crippen molar-refractivity contribution in [3.63, 3.8) is 0 Å². The number of aromatic nitrogens is 1. The Labute approximate surface area is 110 Å². The predicted molar refractivity (Wildman–Crippen MR) is 77.7 cm³/mol. The van der Waals surface area contributed by atoms with Crippen LogP contribution in [0.4, 0.5) is 5.69 Å². The van der Waals surface area contributed by atoms with Gasteiger partial charge in [0.25, 0.3) is 5.56 Å². The molecule has 0 saturated heterocycles. The minimum atomic E-state index is 0.0483. The standard InChI is InChI=1S/C15H26N2O/c1-2-3-4-5-6-7-8-9-12-17-13-14(16)10-11-15(17)18/h10-11,13H,2-9,12,16H2,1H3. The number of nitrogens with zero attached hydrogens (tertiary/aromatic N) is 1. The third kappa shape index (κ3) is 5.89. The molecule has 0 aliphatic heterocycles. The molecule has 0 spiro atoms. The molecule has 1 aromatic rings. The van der Waals surface area contributed by atoms with Crippen LogP contribution in [0.5, 0.6) is 0 Å². The number of nitrogens with two attached hydrogens (primary N) is 1. The molecule has 3 heteroatoms. The fourth-order valence-electron chi connectivity index (χ4n) is 2.14. The molecular weight excluding hydrogens is 224 g/mol. The average Bonchev–Trinajstić information content (AvgIpc) is 2.36. The molecule has 1 heterocycles. The van der Waals surface area contributed by atoms with Crippen molar-refractivity contribution in [2.75, 3.05) is 5.73 Å². The molecule has 0 bridgehead atoms. The molecule has 2 N–H and O–H groups in total. The fourth-order valence-corrected chi connectivity index (χ4v) is 2.14. The molecule has 1 aromatic heterocycles. The van der Waals surface area contributed by atoms with E-state index in [1.807, 2.05) is 0 Å². The van der Waals surface area contributed by atoms with E-state index in [2.05, 4.69) is 6.92 Å². The number of anilines is 1. The van der Waals surface area contributed by atoms with E-state index in [4.69, 9.17) is 5.73 Å². The van der Waals surface area contributed by atoms with Gasteiger partial charge < -0.3 is 10.3 Å². The molecule has 0 saturated carbocycles. The van der Waals surface area contributed by atoms with Crippen molar-refractivity contribution in [2.45, 2.75) is 64.8 Å². The number of aryl methyl sites for hydroxylation is 1. The summed E-state index contributed by atoms with van der Waals surface area (Å²) in [5.74, 6) is 0. The maximum absolute atomic E-state index is 11.5. The number of hydrogen-bond acceptors (Lipinski definition) is 2. The lowest BCUT2D eigenvalue weighted by atomic mass is 10.1. The van der Waals surface area contributed by atoms with Crippen LogP contribution in [0.2, 0.25) is 0 Å². The number of nitrogen functional groups attached to an aromatic ring is 1. The van der Waals surface area contributed by atoms with Crippen molar-refractivity contribution >= 4 is 5.69 Å². The van der Waals surface area contributed by atoms with E-state index in [0.29, 0.717) is 5.69 Å². The van der Waals surface area contributed by atoms with Gasteiger partial charge >= 0.3 is 0 Å². The van der Waals surface area contributed by atoms with Gasteiger partial charge in [0.15, 0.2) is 0 Å².